The standard InChI is InChI=1S/C17H17N3O/c18-12-6-7-13-11(9-12)5-8-15(13)20-10-17(21)19-14-3-1-2-4-16(14)20/h1-4,6-7,9,15H,5,8,10,18H2,(H,19,21). The van der Waals surface area contributed by atoms with Crippen molar-refractivity contribution in [2.75, 3.05) is 22.5 Å². The molecule has 1 aliphatic heterocycles. The number of nitrogens with zero attached hydrogens (tertiary/aromatic N) is 1. The van der Waals surface area contributed by atoms with Gasteiger partial charge in [0.05, 0.1) is 24.0 Å². The molecule has 0 saturated carbocycles. The molecule has 0 fully saturated rings. The lowest BCUT2D eigenvalue weighted by Crippen LogP contribution is -2.40. The second kappa shape index (κ2) is 4.52. The number of nitrogens with one attached hydrogen (secondary N) is 1. The number of hydrogen-bond acceptors (Lipinski definition) is 3. The molecule has 1 heterocycles. The summed E-state index contributed by atoms with van der Waals surface area (Å²) < 4.78 is 0. The van der Waals surface area contributed by atoms with Crippen molar-refractivity contribution in [3.05, 3.63) is 53.6 Å². The molecule has 4 rings (SSSR count). The zero-order valence-electron chi connectivity index (χ0n) is 11.7. The maximum atomic E-state index is 12.0. The van der Waals surface area contributed by atoms with Gasteiger partial charge in [0.2, 0.25) is 5.91 Å². The molecule has 2 aromatic carbocycles. The Bertz CT molecular complexity index is 726. The monoisotopic (exact) mass is 279 g/mol. The molecule has 0 aromatic heterocycles. The van der Waals surface area contributed by atoms with Gasteiger partial charge in [-0.3, -0.25) is 4.79 Å². The predicted octanol–water partition coefficient (Wildman–Crippen LogP) is 2.71. The van der Waals surface area contributed by atoms with E-state index in [4.69, 9.17) is 5.73 Å². The number of aryl methyl sites for hydroxylation is 1. The van der Waals surface area contributed by atoms with Crippen molar-refractivity contribution >= 4 is 23.0 Å². The van der Waals surface area contributed by atoms with Crippen molar-refractivity contribution in [1.29, 1.82) is 0 Å². The number of carbonyl (C=O) groups excluding carboxylic acids is 1. The van der Waals surface area contributed by atoms with Crippen LogP contribution < -0.4 is 16.0 Å². The second-order valence-corrected chi connectivity index (χ2v) is 5.71. The quantitative estimate of drug-likeness (QED) is 0.789. The number of anilines is 3. The van der Waals surface area contributed by atoms with E-state index in [1.54, 1.807) is 0 Å². The number of para-hydroxylation sites is 2. The third kappa shape index (κ3) is 1.95. The summed E-state index contributed by atoms with van der Waals surface area (Å²) in [6, 6.07) is 14.4. The number of hydrogen-bond donors (Lipinski definition) is 2. The number of rotatable bonds is 1. The summed E-state index contributed by atoms with van der Waals surface area (Å²) in [5.41, 5.74) is 11.3. The first-order valence-electron chi connectivity index (χ1n) is 7.26. The van der Waals surface area contributed by atoms with Crippen LogP contribution >= 0.6 is 0 Å². The normalized spacial score (nSPS) is 19.9. The van der Waals surface area contributed by atoms with Crippen LogP contribution in [-0.4, -0.2) is 12.5 Å². The molecular weight excluding hydrogens is 262 g/mol. The van der Waals surface area contributed by atoms with E-state index in [0.29, 0.717) is 6.54 Å². The third-order valence-corrected chi connectivity index (χ3v) is 4.39. The highest BCUT2D eigenvalue weighted by molar-refractivity contribution is 6.01. The number of benzene rings is 2. The molecule has 2 aliphatic rings. The van der Waals surface area contributed by atoms with Crippen molar-refractivity contribution < 1.29 is 4.79 Å². The van der Waals surface area contributed by atoms with Gasteiger partial charge < -0.3 is 16.0 Å². The Morgan fingerprint density at radius 1 is 1.19 bits per heavy atom. The van der Waals surface area contributed by atoms with Gasteiger partial charge in [-0.05, 0) is 48.2 Å². The molecule has 1 atom stereocenters. The van der Waals surface area contributed by atoms with E-state index >= 15 is 0 Å². The highest BCUT2D eigenvalue weighted by Gasteiger charge is 2.32. The van der Waals surface area contributed by atoms with E-state index in [-0.39, 0.29) is 11.9 Å². The summed E-state index contributed by atoms with van der Waals surface area (Å²) in [4.78, 5) is 14.2. The molecule has 106 valence electrons. The van der Waals surface area contributed by atoms with Gasteiger partial charge in [-0.25, -0.2) is 0 Å². The van der Waals surface area contributed by atoms with Gasteiger partial charge in [0.15, 0.2) is 0 Å². The van der Waals surface area contributed by atoms with Gasteiger partial charge in [-0.2, -0.15) is 0 Å². The smallest absolute Gasteiger partial charge is 0.243 e. The zero-order valence-corrected chi connectivity index (χ0v) is 11.7. The third-order valence-electron chi connectivity index (χ3n) is 4.39. The van der Waals surface area contributed by atoms with Crippen molar-refractivity contribution in [3.63, 3.8) is 0 Å². The van der Waals surface area contributed by atoms with E-state index in [1.165, 1.54) is 11.1 Å². The average molecular weight is 279 g/mol. The topological polar surface area (TPSA) is 58.4 Å². The molecular formula is C17H17N3O. The van der Waals surface area contributed by atoms with Crippen LogP contribution in [0.5, 0.6) is 0 Å². The molecule has 2 aromatic rings. The van der Waals surface area contributed by atoms with Gasteiger partial charge in [-0.1, -0.05) is 18.2 Å². The lowest BCUT2D eigenvalue weighted by Gasteiger charge is -2.36. The molecule has 0 bridgehead atoms. The molecule has 1 unspecified atom stereocenters. The Morgan fingerprint density at radius 3 is 2.95 bits per heavy atom. The lowest BCUT2D eigenvalue weighted by atomic mass is 10.0. The van der Waals surface area contributed by atoms with Gasteiger partial charge in [0.1, 0.15) is 0 Å². The van der Waals surface area contributed by atoms with Gasteiger partial charge in [0.25, 0.3) is 0 Å². The zero-order chi connectivity index (χ0) is 14.4. The van der Waals surface area contributed by atoms with Crippen LogP contribution in [0.25, 0.3) is 0 Å². The summed E-state index contributed by atoms with van der Waals surface area (Å²) in [5, 5.41) is 2.95. The number of nitrogen functional groups attached to an aromatic ring is 1. The number of amides is 1. The van der Waals surface area contributed by atoms with Crippen LogP contribution in [0.4, 0.5) is 17.1 Å². The first-order chi connectivity index (χ1) is 10.2. The van der Waals surface area contributed by atoms with Crippen LogP contribution in [0, 0.1) is 0 Å². The van der Waals surface area contributed by atoms with Crippen LogP contribution in [0.2, 0.25) is 0 Å². The Kier molecular flexibility index (Phi) is 2.64. The average Bonchev–Trinajstić information content (AvgIpc) is 2.89. The fourth-order valence-electron chi connectivity index (χ4n) is 3.48. The molecule has 21 heavy (non-hydrogen) atoms. The van der Waals surface area contributed by atoms with Crippen LogP contribution in [0.1, 0.15) is 23.6 Å². The Labute approximate surface area is 123 Å². The van der Waals surface area contributed by atoms with Gasteiger partial charge >= 0.3 is 0 Å². The van der Waals surface area contributed by atoms with Crippen molar-refractivity contribution in [2.24, 2.45) is 0 Å². The minimum absolute atomic E-state index is 0.0533. The molecule has 0 spiro atoms. The minimum Gasteiger partial charge on any atom is -0.399 e. The SMILES string of the molecule is Nc1ccc2c(c1)CCC2N1CC(=O)Nc2ccccc21. The highest BCUT2D eigenvalue weighted by atomic mass is 16.2. The fraction of sp³-hybridized carbons (Fsp3) is 0.235. The molecule has 4 heteroatoms. The van der Waals surface area contributed by atoms with E-state index in [0.717, 1.165) is 29.9 Å². The van der Waals surface area contributed by atoms with E-state index < -0.39 is 0 Å². The molecule has 1 aliphatic carbocycles. The molecule has 4 nitrogen and oxygen atoms in total. The van der Waals surface area contributed by atoms with Crippen molar-refractivity contribution in [2.45, 2.75) is 18.9 Å². The van der Waals surface area contributed by atoms with E-state index in [9.17, 15) is 4.79 Å². The highest BCUT2D eigenvalue weighted by Crippen LogP contribution is 2.42. The molecule has 0 saturated heterocycles. The first kappa shape index (κ1) is 12.3. The van der Waals surface area contributed by atoms with E-state index in [1.807, 2.05) is 24.3 Å². The molecule has 3 N–H and O–H groups in total. The van der Waals surface area contributed by atoms with Crippen molar-refractivity contribution in [1.82, 2.24) is 0 Å². The number of fused-ring (bicyclic) bond motifs is 2. The van der Waals surface area contributed by atoms with Crippen LogP contribution in [-0.2, 0) is 11.2 Å². The molecule has 0 radical (unpaired) electrons. The largest absolute Gasteiger partial charge is 0.399 e. The predicted molar refractivity (Wildman–Crippen MR) is 84.3 cm³/mol. The maximum absolute atomic E-state index is 12.0. The fourth-order valence-corrected chi connectivity index (χ4v) is 3.48. The summed E-state index contributed by atoms with van der Waals surface area (Å²) in [7, 11) is 0. The number of carbonyl (C=O) groups is 1. The summed E-state index contributed by atoms with van der Waals surface area (Å²) in [6.07, 6.45) is 2.05. The Balaban J connectivity index is 1.77. The van der Waals surface area contributed by atoms with Gasteiger partial charge in [-0.15, -0.1) is 0 Å². The van der Waals surface area contributed by atoms with Crippen LogP contribution in [0.15, 0.2) is 42.5 Å². The van der Waals surface area contributed by atoms with Crippen molar-refractivity contribution in [3.8, 4) is 0 Å². The summed E-state index contributed by atoms with van der Waals surface area (Å²) in [5.74, 6) is 0.0533. The summed E-state index contributed by atoms with van der Waals surface area (Å²) in [6.45, 7) is 0.408. The Morgan fingerprint density at radius 2 is 2.05 bits per heavy atom. The van der Waals surface area contributed by atoms with E-state index in [2.05, 4.69) is 28.4 Å². The second-order valence-electron chi connectivity index (χ2n) is 5.71. The maximum Gasteiger partial charge on any atom is 0.243 e. The molecule has 1 amide bonds. The Hall–Kier alpha value is -2.49. The number of nitrogens with two attached hydrogens (primary N) is 1. The van der Waals surface area contributed by atoms with Gasteiger partial charge in [0, 0.05) is 5.69 Å². The summed E-state index contributed by atoms with van der Waals surface area (Å²) >= 11 is 0. The lowest BCUT2D eigenvalue weighted by molar-refractivity contribution is -0.115. The first-order valence-corrected chi connectivity index (χ1v) is 7.26. The van der Waals surface area contributed by atoms with Crippen LogP contribution in [0.3, 0.4) is 0 Å². The minimum atomic E-state index is 0.0533.